The average molecular weight is 328 g/mol. The number of nitrogens with one attached hydrogen (secondary N) is 1. The number of rotatable bonds is 7. The van der Waals surface area contributed by atoms with E-state index in [1.807, 2.05) is 31.2 Å². The van der Waals surface area contributed by atoms with Gasteiger partial charge in [-0.05, 0) is 36.5 Å². The summed E-state index contributed by atoms with van der Waals surface area (Å²) < 4.78 is 1.04. The Morgan fingerprint density at radius 1 is 1.37 bits per heavy atom. The Morgan fingerprint density at radius 3 is 2.53 bits per heavy atom. The molecule has 0 saturated carbocycles. The first kappa shape index (κ1) is 16.2. The molecule has 0 aromatic heterocycles. The van der Waals surface area contributed by atoms with E-state index in [0.29, 0.717) is 12.8 Å². The zero-order valence-electron chi connectivity index (χ0n) is 11.5. The molecule has 1 amide bonds. The van der Waals surface area contributed by atoms with Gasteiger partial charge in [0.25, 0.3) is 0 Å². The molecule has 0 aliphatic rings. The van der Waals surface area contributed by atoms with E-state index in [0.717, 1.165) is 16.5 Å². The first-order valence-corrected chi connectivity index (χ1v) is 7.51. The van der Waals surface area contributed by atoms with Gasteiger partial charge in [0, 0.05) is 23.5 Å². The van der Waals surface area contributed by atoms with Crippen molar-refractivity contribution in [2.45, 2.75) is 45.1 Å². The van der Waals surface area contributed by atoms with Gasteiger partial charge in [0.1, 0.15) is 0 Å². The van der Waals surface area contributed by atoms with Crippen LogP contribution < -0.4 is 5.32 Å². The van der Waals surface area contributed by atoms with Gasteiger partial charge in [0.05, 0.1) is 0 Å². The van der Waals surface area contributed by atoms with Crippen LogP contribution in [-0.4, -0.2) is 23.7 Å². The molecule has 0 spiro atoms. The van der Waals surface area contributed by atoms with Crippen molar-refractivity contribution in [2.75, 3.05) is 6.61 Å². The van der Waals surface area contributed by atoms with Gasteiger partial charge in [-0.15, -0.1) is 0 Å². The predicted octanol–water partition coefficient (Wildman–Crippen LogP) is 3.22. The van der Waals surface area contributed by atoms with Crippen molar-refractivity contribution in [3.63, 3.8) is 0 Å². The molecule has 0 aliphatic heterocycles. The second kappa shape index (κ2) is 8.33. The Balaban J connectivity index is 2.49. The number of hydrogen-bond acceptors (Lipinski definition) is 2. The third-order valence-corrected chi connectivity index (χ3v) is 3.79. The van der Waals surface area contributed by atoms with Gasteiger partial charge in [-0.2, -0.15) is 0 Å². The maximum Gasteiger partial charge on any atom is 0.220 e. The van der Waals surface area contributed by atoms with Crippen molar-refractivity contribution < 1.29 is 9.90 Å². The standard InChI is InChI=1S/C15H22BrNO2/c1-3-14(8-9-18)17-15(19)10-11(2)12-4-6-13(16)7-5-12/h4-7,11,14,18H,3,8-10H2,1-2H3,(H,17,19). The molecule has 0 heterocycles. The number of aliphatic hydroxyl groups excluding tert-OH is 1. The van der Waals surface area contributed by atoms with Gasteiger partial charge in [-0.1, -0.05) is 41.9 Å². The lowest BCUT2D eigenvalue weighted by molar-refractivity contribution is -0.122. The van der Waals surface area contributed by atoms with Crippen LogP contribution in [0.5, 0.6) is 0 Å². The molecule has 19 heavy (non-hydrogen) atoms. The highest BCUT2D eigenvalue weighted by molar-refractivity contribution is 9.10. The van der Waals surface area contributed by atoms with Crippen molar-refractivity contribution in [3.05, 3.63) is 34.3 Å². The zero-order chi connectivity index (χ0) is 14.3. The summed E-state index contributed by atoms with van der Waals surface area (Å²) >= 11 is 3.40. The molecule has 3 nitrogen and oxygen atoms in total. The van der Waals surface area contributed by atoms with E-state index in [-0.39, 0.29) is 24.5 Å². The quantitative estimate of drug-likeness (QED) is 0.807. The molecule has 2 N–H and O–H groups in total. The molecular formula is C15H22BrNO2. The molecule has 1 aromatic rings. The number of amides is 1. The van der Waals surface area contributed by atoms with Crippen LogP contribution in [0.1, 0.15) is 44.6 Å². The molecule has 2 unspecified atom stereocenters. The van der Waals surface area contributed by atoms with Gasteiger partial charge < -0.3 is 10.4 Å². The van der Waals surface area contributed by atoms with Crippen molar-refractivity contribution >= 4 is 21.8 Å². The molecule has 0 saturated heterocycles. The summed E-state index contributed by atoms with van der Waals surface area (Å²) in [6.45, 7) is 4.18. The largest absolute Gasteiger partial charge is 0.396 e. The minimum Gasteiger partial charge on any atom is -0.396 e. The highest BCUT2D eigenvalue weighted by Gasteiger charge is 2.14. The summed E-state index contributed by atoms with van der Waals surface area (Å²) in [4.78, 5) is 11.9. The minimum absolute atomic E-state index is 0.0516. The van der Waals surface area contributed by atoms with Crippen LogP contribution in [-0.2, 0) is 4.79 Å². The molecule has 0 bridgehead atoms. The van der Waals surface area contributed by atoms with E-state index in [4.69, 9.17) is 5.11 Å². The summed E-state index contributed by atoms with van der Waals surface area (Å²) in [6.07, 6.45) is 1.94. The van der Waals surface area contributed by atoms with E-state index in [2.05, 4.69) is 28.2 Å². The molecule has 0 fully saturated rings. The van der Waals surface area contributed by atoms with Gasteiger partial charge in [-0.3, -0.25) is 4.79 Å². The molecular weight excluding hydrogens is 306 g/mol. The normalized spacial score (nSPS) is 13.9. The van der Waals surface area contributed by atoms with Crippen LogP contribution in [0.15, 0.2) is 28.7 Å². The first-order valence-electron chi connectivity index (χ1n) is 6.72. The fourth-order valence-corrected chi connectivity index (χ4v) is 2.27. The lowest BCUT2D eigenvalue weighted by Gasteiger charge is -2.18. The van der Waals surface area contributed by atoms with E-state index < -0.39 is 0 Å². The highest BCUT2D eigenvalue weighted by Crippen LogP contribution is 2.21. The van der Waals surface area contributed by atoms with Gasteiger partial charge in [0.2, 0.25) is 5.91 Å². The Kier molecular flexibility index (Phi) is 7.10. The first-order chi connectivity index (χ1) is 9.06. The minimum atomic E-state index is 0.0516. The lowest BCUT2D eigenvalue weighted by Crippen LogP contribution is -2.35. The van der Waals surface area contributed by atoms with Gasteiger partial charge in [-0.25, -0.2) is 0 Å². The van der Waals surface area contributed by atoms with Crippen LogP contribution in [0.2, 0.25) is 0 Å². The number of hydrogen-bond donors (Lipinski definition) is 2. The predicted molar refractivity (Wildman–Crippen MR) is 81.1 cm³/mol. The number of carbonyl (C=O) groups excluding carboxylic acids is 1. The van der Waals surface area contributed by atoms with Crippen molar-refractivity contribution in [1.82, 2.24) is 5.32 Å². The average Bonchev–Trinajstić information content (AvgIpc) is 2.38. The monoisotopic (exact) mass is 327 g/mol. The number of benzene rings is 1. The summed E-state index contributed by atoms with van der Waals surface area (Å²) in [5, 5.41) is 11.9. The van der Waals surface area contributed by atoms with E-state index in [9.17, 15) is 4.79 Å². The molecule has 0 radical (unpaired) electrons. The number of halogens is 1. The van der Waals surface area contributed by atoms with Gasteiger partial charge >= 0.3 is 0 Å². The Labute approximate surface area is 123 Å². The molecule has 2 atom stereocenters. The van der Waals surface area contributed by atoms with Crippen molar-refractivity contribution in [3.8, 4) is 0 Å². The molecule has 1 aromatic carbocycles. The van der Waals surface area contributed by atoms with Crippen LogP contribution >= 0.6 is 15.9 Å². The third-order valence-electron chi connectivity index (χ3n) is 3.27. The number of aliphatic hydroxyl groups is 1. The Morgan fingerprint density at radius 2 is 2.00 bits per heavy atom. The second-order valence-corrected chi connectivity index (χ2v) is 5.76. The summed E-state index contributed by atoms with van der Waals surface area (Å²) in [6, 6.07) is 8.13. The topological polar surface area (TPSA) is 49.3 Å². The molecule has 4 heteroatoms. The van der Waals surface area contributed by atoms with E-state index >= 15 is 0 Å². The lowest BCUT2D eigenvalue weighted by atomic mass is 9.97. The fraction of sp³-hybridized carbons (Fsp3) is 0.533. The zero-order valence-corrected chi connectivity index (χ0v) is 13.1. The molecule has 0 aliphatic carbocycles. The summed E-state index contributed by atoms with van der Waals surface area (Å²) in [5.41, 5.74) is 1.16. The van der Waals surface area contributed by atoms with Gasteiger partial charge in [0.15, 0.2) is 0 Å². The second-order valence-electron chi connectivity index (χ2n) is 4.84. The molecule has 1 rings (SSSR count). The fourth-order valence-electron chi connectivity index (χ4n) is 2.01. The maximum absolute atomic E-state index is 11.9. The Hall–Kier alpha value is -0.870. The van der Waals surface area contributed by atoms with E-state index in [1.54, 1.807) is 0 Å². The summed E-state index contributed by atoms with van der Waals surface area (Å²) in [5.74, 6) is 0.246. The Bertz CT molecular complexity index is 392. The van der Waals surface area contributed by atoms with Crippen molar-refractivity contribution in [2.24, 2.45) is 0 Å². The molecule has 106 valence electrons. The van der Waals surface area contributed by atoms with Crippen LogP contribution in [0.3, 0.4) is 0 Å². The smallest absolute Gasteiger partial charge is 0.220 e. The van der Waals surface area contributed by atoms with E-state index in [1.165, 1.54) is 0 Å². The third kappa shape index (κ3) is 5.74. The van der Waals surface area contributed by atoms with Crippen LogP contribution in [0.4, 0.5) is 0 Å². The summed E-state index contributed by atoms with van der Waals surface area (Å²) in [7, 11) is 0. The van der Waals surface area contributed by atoms with Crippen molar-refractivity contribution in [1.29, 1.82) is 0 Å². The SMILES string of the molecule is CCC(CCO)NC(=O)CC(C)c1ccc(Br)cc1. The number of carbonyl (C=O) groups is 1. The van der Waals surface area contributed by atoms with Crippen LogP contribution in [0.25, 0.3) is 0 Å². The highest BCUT2D eigenvalue weighted by atomic mass is 79.9. The maximum atomic E-state index is 11.9. The van der Waals surface area contributed by atoms with Crippen LogP contribution in [0, 0.1) is 0 Å².